The summed E-state index contributed by atoms with van der Waals surface area (Å²) in [5, 5.41) is 3.06. The van der Waals surface area contributed by atoms with Gasteiger partial charge in [-0.1, -0.05) is 34.1 Å². The monoisotopic (exact) mass is 311 g/mol. The molecule has 1 aliphatic rings. The van der Waals surface area contributed by atoms with Gasteiger partial charge >= 0.3 is 0 Å². The zero-order valence-corrected chi connectivity index (χ0v) is 12.1. The van der Waals surface area contributed by atoms with Gasteiger partial charge in [0, 0.05) is 17.1 Å². The molecule has 0 saturated carbocycles. The van der Waals surface area contributed by atoms with Gasteiger partial charge < -0.3 is 10.1 Å². The molecule has 1 amide bonds. The van der Waals surface area contributed by atoms with Crippen LogP contribution in [0.5, 0.6) is 0 Å². The Morgan fingerprint density at radius 1 is 1.56 bits per heavy atom. The first-order chi connectivity index (χ1) is 8.66. The third kappa shape index (κ3) is 3.56. The molecule has 2 rings (SSSR count). The van der Waals surface area contributed by atoms with Crippen molar-refractivity contribution in [1.29, 1.82) is 0 Å². The van der Waals surface area contributed by atoms with Gasteiger partial charge in [0.25, 0.3) is 0 Å². The van der Waals surface area contributed by atoms with Crippen molar-refractivity contribution in [3.8, 4) is 0 Å². The summed E-state index contributed by atoms with van der Waals surface area (Å²) in [6, 6.07) is 8.24. The van der Waals surface area contributed by atoms with Gasteiger partial charge in [-0.15, -0.1) is 0 Å². The minimum Gasteiger partial charge on any atom is -0.381 e. The second-order valence-electron chi connectivity index (χ2n) is 4.77. The molecule has 98 valence electrons. The number of hydrogen-bond donors (Lipinski definition) is 1. The average Bonchev–Trinajstić information content (AvgIpc) is 2.85. The molecule has 1 aliphatic heterocycles. The van der Waals surface area contributed by atoms with E-state index >= 15 is 0 Å². The lowest BCUT2D eigenvalue weighted by Crippen LogP contribution is -2.38. The summed E-state index contributed by atoms with van der Waals surface area (Å²) in [6.45, 7) is 3.30. The number of ether oxygens (including phenoxy) is 1. The second-order valence-corrected chi connectivity index (χ2v) is 5.62. The van der Waals surface area contributed by atoms with Gasteiger partial charge in [0.15, 0.2) is 0 Å². The molecule has 0 radical (unpaired) electrons. The molecule has 0 aromatic heterocycles. The first-order valence-corrected chi connectivity index (χ1v) is 7.07. The highest BCUT2D eigenvalue weighted by molar-refractivity contribution is 9.10. The maximum Gasteiger partial charge on any atom is 0.225 e. The van der Waals surface area contributed by atoms with Crippen molar-refractivity contribution in [2.24, 2.45) is 5.92 Å². The topological polar surface area (TPSA) is 38.3 Å². The van der Waals surface area contributed by atoms with E-state index in [-0.39, 0.29) is 17.9 Å². The normalized spacial score (nSPS) is 20.7. The first kappa shape index (κ1) is 13.6. The van der Waals surface area contributed by atoms with Crippen LogP contribution in [0.3, 0.4) is 0 Å². The highest BCUT2D eigenvalue weighted by atomic mass is 79.9. The minimum atomic E-state index is 0.0339. The summed E-state index contributed by atoms with van der Waals surface area (Å²) in [6.07, 6.45) is 1.67. The van der Waals surface area contributed by atoms with Gasteiger partial charge in [0.1, 0.15) is 0 Å². The lowest BCUT2D eigenvalue weighted by Gasteiger charge is -2.17. The Bertz CT molecular complexity index is 416. The Balaban J connectivity index is 1.86. The van der Waals surface area contributed by atoms with Gasteiger partial charge in [-0.2, -0.15) is 0 Å². The van der Waals surface area contributed by atoms with Crippen LogP contribution in [0, 0.1) is 5.92 Å². The highest BCUT2D eigenvalue weighted by Gasteiger charge is 2.24. The van der Waals surface area contributed by atoms with Crippen LogP contribution in [-0.4, -0.2) is 25.2 Å². The molecule has 4 heteroatoms. The molecule has 1 fully saturated rings. The van der Waals surface area contributed by atoms with E-state index in [0.717, 1.165) is 17.3 Å². The number of benzene rings is 1. The van der Waals surface area contributed by atoms with Crippen LogP contribution in [0.1, 0.15) is 18.9 Å². The Morgan fingerprint density at radius 3 is 3.00 bits per heavy atom. The summed E-state index contributed by atoms with van der Waals surface area (Å²) >= 11 is 3.52. The van der Waals surface area contributed by atoms with E-state index in [4.69, 9.17) is 4.74 Å². The summed E-state index contributed by atoms with van der Waals surface area (Å²) in [4.78, 5) is 11.9. The summed E-state index contributed by atoms with van der Waals surface area (Å²) in [7, 11) is 0. The largest absolute Gasteiger partial charge is 0.381 e. The minimum absolute atomic E-state index is 0.0339. The van der Waals surface area contributed by atoms with Crippen LogP contribution >= 0.6 is 15.9 Å². The molecule has 1 aromatic carbocycles. The van der Waals surface area contributed by atoms with Crippen molar-refractivity contribution in [3.63, 3.8) is 0 Å². The summed E-state index contributed by atoms with van der Waals surface area (Å²) in [5.41, 5.74) is 1.22. The molecule has 0 unspecified atom stereocenters. The van der Waals surface area contributed by atoms with Crippen LogP contribution in [0.4, 0.5) is 0 Å². The molecule has 2 atom stereocenters. The number of hydrogen-bond acceptors (Lipinski definition) is 2. The maximum absolute atomic E-state index is 11.9. The number of nitrogens with one attached hydrogen (secondary N) is 1. The van der Waals surface area contributed by atoms with Crippen molar-refractivity contribution in [3.05, 3.63) is 34.3 Å². The lowest BCUT2D eigenvalue weighted by atomic mass is 10.0. The van der Waals surface area contributed by atoms with Crippen molar-refractivity contribution in [1.82, 2.24) is 5.32 Å². The number of amides is 1. The molecule has 18 heavy (non-hydrogen) atoms. The zero-order chi connectivity index (χ0) is 13.0. The Hall–Kier alpha value is -0.870. The fourth-order valence-corrected chi connectivity index (χ4v) is 2.59. The third-order valence-electron chi connectivity index (χ3n) is 3.17. The highest BCUT2D eigenvalue weighted by Crippen LogP contribution is 2.18. The van der Waals surface area contributed by atoms with Gasteiger partial charge in [-0.05, 0) is 31.4 Å². The first-order valence-electron chi connectivity index (χ1n) is 6.28. The maximum atomic E-state index is 11.9. The lowest BCUT2D eigenvalue weighted by molar-refractivity contribution is -0.125. The van der Waals surface area contributed by atoms with Gasteiger partial charge in [0.2, 0.25) is 5.91 Å². The smallest absolute Gasteiger partial charge is 0.225 e. The predicted molar refractivity (Wildman–Crippen MR) is 74.4 cm³/mol. The second kappa shape index (κ2) is 6.34. The van der Waals surface area contributed by atoms with E-state index in [9.17, 15) is 4.79 Å². The molecule has 0 bridgehead atoms. The molecule has 0 aliphatic carbocycles. The molecule has 0 spiro atoms. The Kier molecular flexibility index (Phi) is 4.78. The molecule has 1 saturated heterocycles. The van der Waals surface area contributed by atoms with Crippen molar-refractivity contribution in [2.75, 3.05) is 13.2 Å². The van der Waals surface area contributed by atoms with Crippen LogP contribution in [0.15, 0.2) is 28.7 Å². The summed E-state index contributed by atoms with van der Waals surface area (Å²) in [5.74, 6) is 0.152. The fraction of sp³-hybridized carbons (Fsp3) is 0.500. The van der Waals surface area contributed by atoms with Crippen LogP contribution in [0.25, 0.3) is 0 Å². The van der Waals surface area contributed by atoms with Crippen molar-refractivity contribution >= 4 is 21.8 Å². The van der Waals surface area contributed by atoms with E-state index in [2.05, 4.69) is 27.3 Å². The number of rotatable bonds is 4. The van der Waals surface area contributed by atoms with Crippen LogP contribution < -0.4 is 5.32 Å². The fourth-order valence-electron chi connectivity index (χ4n) is 2.15. The van der Waals surface area contributed by atoms with Crippen molar-refractivity contribution in [2.45, 2.75) is 25.8 Å². The van der Waals surface area contributed by atoms with E-state index in [1.165, 1.54) is 5.56 Å². The number of carbonyl (C=O) groups excluding carboxylic acids is 1. The van der Waals surface area contributed by atoms with E-state index < -0.39 is 0 Å². The molecular formula is C14H18BrNO2. The predicted octanol–water partition coefficient (Wildman–Crippen LogP) is 2.53. The van der Waals surface area contributed by atoms with Gasteiger partial charge in [-0.25, -0.2) is 0 Å². The Morgan fingerprint density at radius 2 is 2.33 bits per heavy atom. The standard InChI is InChI=1S/C14H18BrNO2/c1-10(8-11-4-2-3-5-13(11)15)16-14(17)12-6-7-18-9-12/h2-5,10,12H,6-9H2,1H3,(H,16,17)/t10-,12-/m1/s1. The third-order valence-corrected chi connectivity index (χ3v) is 3.95. The van der Waals surface area contributed by atoms with Crippen LogP contribution in [-0.2, 0) is 16.0 Å². The van der Waals surface area contributed by atoms with Gasteiger partial charge in [0.05, 0.1) is 12.5 Å². The number of carbonyl (C=O) groups is 1. The molecule has 1 aromatic rings. The van der Waals surface area contributed by atoms with E-state index in [1.807, 2.05) is 25.1 Å². The molecule has 1 N–H and O–H groups in total. The average molecular weight is 312 g/mol. The zero-order valence-electron chi connectivity index (χ0n) is 10.5. The number of halogens is 1. The Labute approximate surface area is 116 Å². The molecule has 1 heterocycles. The molecular weight excluding hydrogens is 294 g/mol. The summed E-state index contributed by atoms with van der Waals surface area (Å²) < 4.78 is 6.32. The quantitative estimate of drug-likeness (QED) is 0.928. The van der Waals surface area contributed by atoms with Crippen molar-refractivity contribution < 1.29 is 9.53 Å². The van der Waals surface area contributed by atoms with Crippen LogP contribution in [0.2, 0.25) is 0 Å². The van der Waals surface area contributed by atoms with E-state index in [0.29, 0.717) is 13.2 Å². The molecule has 3 nitrogen and oxygen atoms in total. The SMILES string of the molecule is C[C@H](Cc1ccccc1Br)NC(=O)[C@@H]1CCOC1. The van der Waals surface area contributed by atoms with E-state index in [1.54, 1.807) is 0 Å². The van der Waals surface area contributed by atoms with Gasteiger partial charge in [-0.3, -0.25) is 4.79 Å².